The minimum atomic E-state index is -3.53. The molecule has 0 radical (unpaired) electrons. The largest absolute Gasteiger partial charge is 0.493 e. The van der Waals surface area contributed by atoms with Crippen LogP contribution in [0.3, 0.4) is 0 Å². The third kappa shape index (κ3) is 5.35. The number of nitrogens with zero attached hydrogens (tertiary/aromatic N) is 2. The molecule has 1 aliphatic heterocycles. The lowest BCUT2D eigenvalue weighted by atomic mass is 10.0. The second-order valence-electron chi connectivity index (χ2n) is 6.81. The van der Waals surface area contributed by atoms with Gasteiger partial charge in [-0.3, -0.25) is 4.79 Å². The first-order valence-corrected chi connectivity index (χ1v) is 10.5. The second-order valence-corrected chi connectivity index (χ2v) is 8.79. The van der Waals surface area contributed by atoms with Crippen molar-refractivity contribution >= 4 is 15.9 Å². The van der Waals surface area contributed by atoms with E-state index < -0.39 is 10.0 Å². The SMILES string of the molecule is COc1ccc(CN(CC(=O)N2CCCC(C)C2)S(C)(=O)=O)cc1OC. The predicted octanol–water partition coefficient (Wildman–Crippen LogP) is 1.72. The average Bonchev–Trinajstić information content (AvgIpc) is 2.60. The number of hydrogen-bond donors (Lipinski definition) is 0. The molecule has 1 fully saturated rings. The Hall–Kier alpha value is -1.80. The summed E-state index contributed by atoms with van der Waals surface area (Å²) in [6, 6.07) is 5.22. The molecule has 0 saturated carbocycles. The van der Waals surface area contributed by atoms with Crippen molar-refractivity contribution in [1.82, 2.24) is 9.21 Å². The van der Waals surface area contributed by atoms with Crippen molar-refractivity contribution in [2.24, 2.45) is 5.92 Å². The molecule has 0 spiro atoms. The van der Waals surface area contributed by atoms with Crippen molar-refractivity contribution in [1.29, 1.82) is 0 Å². The summed E-state index contributed by atoms with van der Waals surface area (Å²) >= 11 is 0. The van der Waals surface area contributed by atoms with Crippen LogP contribution in [0.1, 0.15) is 25.3 Å². The lowest BCUT2D eigenvalue weighted by Gasteiger charge is -2.32. The van der Waals surface area contributed by atoms with Crippen molar-refractivity contribution in [2.45, 2.75) is 26.3 Å². The fourth-order valence-corrected chi connectivity index (χ4v) is 3.87. The maximum Gasteiger partial charge on any atom is 0.237 e. The Balaban J connectivity index is 2.14. The first-order valence-electron chi connectivity index (χ1n) is 8.68. The van der Waals surface area contributed by atoms with Crippen LogP contribution < -0.4 is 9.47 Å². The smallest absolute Gasteiger partial charge is 0.237 e. The summed E-state index contributed by atoms with van der Waals surface area (Å²) in [7, 11) is -0.467. The zero-order valence-corrected chi connectivity index (χ0v) is 16.7. The van der Waals surface area contributed by atoms with Crippen LogP contribution in [-0.2, 0) is 21.4 Å². The molecule has 1 saturated heterocycles. The first-order chi connectivity index (χ1) is 12.2. The number of sulfonamides is 1. The van der Waals surface area contributed by atoms with Gasteiger partial charge < -0.3 is 14.4 Å². The van der Waals surface area contributed by atoms with E-state index in [1.165, 1.54) is 11.4 Å². The van der Waals surface area contributed by atoms with E-state index in [2.05, 4.69) is 6.92 Å². The zero-order chi connectivity index (χ0) is 19.3. The normalized spacial score (nSPS) is 18.0. The highest BCUT2D eigenvalue weighted by atomic mass is 32.2. The van der Waals surface area contributed by atoms with Crippen LogP contribution in [0.2, 0.25) is 0 Å². The summed E-state index contributed by atoms with van der Waals surface area (Å²) in [6.07, 6.45) is 3.19. The molecule has 0 aliphatic carbocycles. The number of carbonyl (C=O) groups excluding carboxylic acids is 1. The second kappa shape index (κ2) is 8.73. The fraction of sp³-hybridized carbons (Fsp3) is 0.611. The number of amides is 1. The molecule has 0 bridgehead atoms. The molecule has 26 heavy (non-hydrogen) atoms. The molecular weight excluding hydrogens is 356 g/mol. The third-order valence-corrected chi connectivity index (χ3v) is 5.79. The number of rotatable bonds is 7. The standard InChI is InChI=1S/C18H28N2O5S/c1-14-6-5-9-19(11-14)18(21)13-20(26(4,22)23)12-15-7-8-16(24-2)17(10-15)25-3/h7-8,10,14H,5-6,9,11-13H2,1-4H3. The van der Waals surface area contributed by atoms with Gasteiger partial charge in [0, 0.05) is 19.6 Å². The van der Waals surface area contributed by atoms with Gasteiger partial charge in [0.2, 0.25) is 15.9 Å². The zero-order valence-electron chi connectivity index (χ0n) is 15.9. The number of carbonyl (C=O) groups is 1. The van der Waals surface area contributed by atoms with Gasteiger partial charge in [0.05, 0.1) is 27.0 Å². The van der Waals surface area contributed by atoms with Gasteiger partial charge in [-0.1, -0.05) is 13.0 Å². The van der Waals surface area contributed by atoms with Crippen LogP contribution in [0, 0.1) is 5.92 Å². The Labute approximate surface area is 155 Å². The molecule has 0 N–H and O–H groups in total. The van der Waals surface area contributed by atoms with Gasteiger partial charge in [-0.2, -0.15) is 4.31 Å². The van der Waals surface area contributed by atoms with E-state index in [-0.39, 0.29) is 19.0 Å². The molecule has 1 unspecified atom stereocenters. The summed E-state index contributed by atoms with van der Waals surface area (Å²) in [5, 5.41) is 0. The van der Waals surface area contributed by atoms with Crippen molar-refractivity contribution in [3.8, 4) is 11.5 Å². The molecule has 1 aromatic rings. The number of likely N-dealkylation sites (tertiary alicyclic amines) is 1. The van der Waals surface area contributed by atoms with Crippen LogP contribution in [-0.4, -0.2) is 63.6 Å². The van der Waals surface area contributed by atoms with E-state index in [4.69, 9.17) is 9.47 Å². The number of hydrogen-bond acceptors (Lipinski definition) is 5. The molecule has 1 aliphatic rings. The van der Waals surface area contributed by atoms with Crippen molar-refractivity contribution < 1.29 is 22.7 Å². The Kier molecular flexibility index (Phi) is 6.88. The van der Waals surface area contributed by atoms with Crippen LogP contribution in [0.4, 0.5) is 0 Å². The summed E-state index contributed by atoms with van der Waals surface area (Å²) in [5.74, 6) is 1.39. The molecule has 0 aromatic heterocycles. The predicted molar refractivity (Wildman–Crippen MR) is 99.8 cm³/mol. The van der Waals surface area contributed by atoms with Gasteiger partial charge in [-0.15, -0.1) is 0 Å². The highest BCUT2D eigenvalue weighted by Gasteiger charge is 2.26. The number of benzene rings is 1. The summed E-state index contributed by atoms with van der Waals surface area (Å²) < 4.78 is 36.1. The minimum Gasteiger partial charge on any atom is -0.493 e. The summed E-state index contributed by atoms with van der Waals surface area (Å²) in [4.78, 5) is 14.4. The monoisotopic (exact) mass is 384 g/mol. The van der Waals surface area contributed by atoms with Gasteiger partial charge >= 0.3 is 0 Å². The molecule has 1 heterocycles. The molecule has 8 heteroatoms. The Bertz CT molecular complexity index is 735. The topological polar surface area (TPSA) is 76.2 Å². The van der Waals surface area contributed by atoms with E-state index in [1.54, 1.807) is 30.2 Å². The fourth-order valence-electron chi connectivity index (χ4n) is 3.14. The molecule has 1 amide bonds. The van der Waals surface area contributed by atoms with E-state index in [1.807, 2.05) is 0 Å². The quantitative estimate of drug-likeness (QED) is 0.716. The lowest BCUT2D eigenvalue weighted by molar-refractivity contribution is -0.133. The average molecular weight is 384 g/mol. The Morgan fingerprint density at radius 1 is 1.27 bits per heavy atom. The van der Waals surface area contributed by atoms with Gasteiger partial charge in [-0.25, -0.2) is 8.42 Å². The van der Waals surface area contributed by atoms with E-state index >= 15 is 0 Å². The van der Waals surface area contributed by atoms with Crippen molar-refractivity contribution in [3.63, 3.8) is 0 Å². The number of ether oxygens (including phenoxy) is 2. The summed E-state index contributed by atoms with van der Waals surface area (Å²) in [5.41, 5.74) is 0.730. The van der Waals surface area contributed by atoms with Crippen LogP contribution >= 0.6 is 0 Å². The molecule has 7 nitrogen and oxygen atoms in total. The first kappa shape index (κ1) is 20.5. The molecule has 1 aromatic carbocycles. The van der Waals surface area contributed by atoms with Crippen LogP contribution in [0.25, 0.3) is 0 Å². The highest BCUT2D eigenvalue weighted by Crippen LogP contribution is 2.28. The van der Waals surface area contributed by atoms with Crippen molar-refractivity contribution in [3.05, 3.63) is 23.8 Å². The van der Waals surface area contributed by atoms with E-state index in [9.17, 15) is 13.2 Å². The minimum absolute atomic E-state index is 0.105. The highest BCUT2D eigenvalue weighted by molar-refractivity contribution is 7.88. The molecule has 1 atom stereocenters. The van der Waals surface area contributed by atoms with Crippen LogP contribution in [0.5, 0.6) is 11.5 Å². The molecular formula is C18H28N2O5S. The molecule has 146 valence electrons. The van der Waals surface area contributed by atoms with Crippen LogP contribution in [0.15, 0.2) is 18.2 Å². The molecule has 2 rings (SSSR count). The van der Waals surface area contributed by atoms with Crippen molar-refractivity contribution in [2.75, 3.05) is 40.1 Å². The number of piperidine rings is 1. The van der Waals surface area contributed by atoms with Gasteiger partial charge in [-0.05, 0) is 36.5 Å². The maximum absolute atomic E-state index is 12.6. The van der Waals surface area contributed by atoms with Gasteiger partial charge in [0.25, 0.3) is 0 Å². The Morgan fingerprint density at radius 2 is 1.96 bits per heavy atom. The van der Waals surface area contributed by atoms with E-state index in [0.717, 1.165) is 24.7 Å². The Morgan fingerprint density at radius 3 is 2.54 bits per heavy atom. The van der Waals surface area contributed by atoms with E-state index in [0.29, 0.717) is 30.5 Å². The lowest BCUT2D eigenvalue weighted by Crippen LogP contribution is -2.45. The number of methoxy groups -OCH3 is 2. The van der Waals surface area contributed by atoms with Gasteiger partial charge in [0.1, 0.15) is 0 Å². The van der Waals surface area contributed by atoms with Gasteiger partial charge in [0.15, 0.2) is 11.5 Å². The maximum atomic E-state index is 12.6. The third-order valence-electron chi connectivity index (χ3n) is 4.60. The summed E-state index contributed by atoms with van der Waals surface area (Å²) in [6.45, 7) is 3.44.